The van der Waals surface area contributed by atoms with Gasteiger partial charge in [-0.05, 0) is 24.5 Å². The van der Waals surface area contributed by atoms with E-state index in [-0.39, 0.29) is 28.7 Å². The van der Waals surface area contributed by atoms with Crippen molar-refractivity contribution < 1.29 is 14.7 Å². The minimum absolute atomic E-state index is 0.0649. The van der Waals surface area contributed by atoms with E-state index in [1.165, 1.54) is 6.42 Å². The number of aliphatic carboxylic acids is 1. The molecule has 1 unspecified atom stereocenters. The van der Waals surface area contributed by atoms with E-state index in [2.05, 4.69) is 16.9 Å². The molecule has 1 saturated carbocycles. The second kappa shape index (κ2) is 6.70. The number of rotatable bonds is 6. The van der Waals surface area contributed by atoms with Gasteiger partial charge in [-0.15, -0.1) is 0 Å². The van der Waals surface area contributed by atoms with Crippen LogP contribution >= 0.6 is 11.8 Å². The summed E-state index contributed by atoms with van der Waals surface area (Å²) in [5.74, 6) is -0.898. The van der Waals surface area contributed by atoms with Gasteiger partial charge in [-0.3, -0.25) is 4.79 Å². The van der Waals surface area contributed by atoms with Crippen molar-refractivity contribution in [1.82, 2.24) is 10.6 Å². The van der Waals surface area contributed by atoms with E-state index < -0.39 is 5.97 Å². The van der Waals surface area contributed by atoms with Crippen LogP contribution in [0.15, 0.2) is 0 Å². The molecule has 0 spiro atoms. The van der Waals surface area contributed by atoms with Gasteiger partial charge in [0.05, 0.1) is 6.42 Å². The van der Waals surface area contributed by atoms with Crippen molar-refractivity contribution in [1.29, 1.82) is 0 Å². The van der Waals surface area contributed by atoms with Crippen molar-refractivity contribution in [2.45, 2.75) is 57.2 Å². The summed E-state index contributed by atoms with van der Waals surface area (Å²) < 4.78 is 0.182. The number of urea groups is 1. The summed E-state index contributed by atoms with van der Waals surface area (Å²) in [6, 6.07) is -0.655. The van der Waals surface area contributed by atoms with E-state index in [0.717, 1.165) is 12.8 Å². The normalized spacial score (nSPS) is 18.8. The molecule has 0 aromatic rings. The molecule has 0 bridgehead atoms. The molecule has 5 nitrogen and oxygen atoms in total. The Morgan fingerprint density at radius 2 is 1.95 bits per heavy atom. The van der Waals surface area contributed by atoms with Gasteiger partial charge in [0.25, 0.3) is 0 Å². The lowest BCUT2D eigenvalue weighted by Crippen LogP contribution is -2.52. The number of carbonyl (C=O) groups excluding carboxylic acids is 1. The lowest BCUT2D eigenvalue weighted by Gasteiger charge is -2.40. The van der Waals surface area contributed by atoms with Crippen LogP contribution < -0.4 is 10.6 Å². The van der Waals surface area contributed by atoms with E-state index in [0.29, 0.717) is 6.54 Å². The molecule has 1 rings (SSSR count). The van der Waals surface area contributed by atoms with Gasteiger partial charge in [-0.1, -0.05) is 27.2 Å². The molecule has 116 valence electrons. The number of hydrogen-bond acceptors (Lipinski definition) is 3. The maximum absolute atomic E-state index is 12.0. The first kappa shape index (κ1) is 17.1. The van der Waals surface area contributed by atoms with Gasteiger partial charge >= 0.3 is 12.0 Å². The van der Waals surface area contributed by atoms with Crippen molar-refractivity contribution in [3.05, 3.63) is 0 Å². The Balaban J connectivity index is 2.47. The fraction of sp³-hybridized carbons (Fsp3) is 0.857. The number of carboxylic acids is 1. The summed E-state index contributed by atoms with van der Waals surface area (Å²) >= 11 is 1.80. The van der Waals surface area contributed by atoms with Crippen LogP contribution in [0.2, 0.25) is 0 Å². The van der Waals surface area contributed by atoms with Crippen LogP contribution in [-0.2, 0) is 4.79 Å². The van der Waals surface area contributed by atoms with Crippen LogP contribution in [0.25, 0.3) is 0 Å². The Bertz CT molecular complexity index is 356. The molecule has 1 fully saturated rings. The van der Waals surface area contributed by atoms with Crippen LogP contribution in [0.5, 0.6) is 0 Å². The number of amides is 2. The van der Waals surface area contributed by atoms with Crippen molar-refractivity contribution in [2.75, 3.05) is 12.8 Å². The van der Waals surface area contributed by atoms with E-state index in [9.17, 15) is 9.59 Å². The van der Waals surface area contributed by atoms with Crippen LogP contribution in [0.1, 0.15) is 46.5 Å². The zero-order valence-electron chi connectivity index (χ0n) is 12.8. The number of thioether (sulfide) groups is 1. The van der Waals surface area contributed by atoms with Crippen molar-refractivity contribution in [3.63, 3.8) is 0 Å². The third-order valence-corrected chi connectivity index (χ3v) is 5.42. The molecule has 0 aromatic heterocycles. The Morgan fingerprint density at radius 1 is 1.35 bits per heavy atom. The van der Waals surface area contributed by atoms with Gasteiger partial charge in [-0.25, -0.2) is 4.79 Å². The highest BCUT2D eigenvalue weighted by atomic mass is 32.2. The summed E-state index contributed by atoms with van der Waals surface area (Å²) in [6.07, 6.45) is 5.48. The number of carbonyl (C=O) groups is 2. The van der Waals surface area contributed by atoms with Crippen LogP contribution in [0, 0.1) is 5.41 Å². The van der Waals surface area contributed by atoms with Crippen LogP contribution in [0.4, 0.5) is 4.79 Å². The van der Waals surface area contributed by atoms with Crippen molar-refractivity contribution >= 4 is 23.8 Å². The molecule has 20 heavy (non-hydrogen) atoms. The summed E-state index contributed by atoms with van der Waals surface area (Å²) in [5, 5.41) is 14.6. The van der Waals surface area contributed by atoms with E-state index >= 15 is 0 Å². The minimum atomic E-state index is -0.898. The minimum Gasteiger partial charge on any atom is -0.481 e. The Kier molecular flexibility index (Phi) is 5.74. The monoisotopic (exact) mass is 302 g/mol. The predicted octanol–water partition coefficient (Wildman–Crippen LogP) is 2.46. The van der Waals surface area contributed by atoms with Crippen LogP contribution in [0.3, 0.4) is 0 Å². The third kappa shape index (κ3) is 4.89. The molecule has 0 saturated heterocycles. The highest BCUT2D eigenvalue weighted by Gasteiger charge is 2.36. The number of carboxylic acid groups (broad SMARTS) is 1. The fourth-order valence-corrected chi connectivity index (χ4v) is 3.14. The SMILES string of the molecule is CSC1(CNC(=O)NC(CC(=O)O)C(C)(C)C)CCC1. The highest BCUT2D eigenvalue weighted by molar-refractivity contribution is 8.00. The van der Waals surface area contributed by atoms with Gasteiger partial charge in [0.2, 0.25) is 0 Å². The second-order valence-electron chi connectivity index (χ2n) is 6.58. The maximum atomic E-state index is 12.0. The molecule has 3 N–H and O–H groups in total. The molecule has 1 aliphatic carbocycles. The molecular weight excluding hydrogens is 276 g/mol. The molecule has 0 aliphatic heterocycles. The first-order valence-corrected chi connectivity index (χ1v) is 8.22. The maximum Gasteiger partial charge on any atom is 0.315 e. The van der Waals surface area contributed by atoms with E-state index in [4.69, 9.17) is 5.11 Å². The smallest absolute Gasteiger partial charge is 0.315 e. The summed E-state index contributed by atoms with van der Waals surface area (Å²) in [6.45, 7) is 6.42. The molecule has 1 aliphatic rings. The molecular formula is C14H26N2O3S. The van der Waals surface area contributed by atoms with Gasteiger partial charge < -0.3 is 15.7 Å². The van der Waals surface area contributed by atoms with Gasteiger partial charge in [0.15, 0.2) is 0 Å². The molecule has 0 heterocycles. The third-order valence-electron chi connectivity index (χ3n) is 4.00. The zero-order chi connectivity index (χ0) is 15.4. The Labute approximate surface area is 125 Å². The largest absolute Gasteiger partial charge is 0.481 e. The van der Waals surface area contributed by atoms with E-state index in [1.807, 2.05) is 20.8 Å². The first-order valence-electron chi connectivity index (χ1n) is 7.00. The average Bonchev–Trinajstić information content (AvgIpc) is 2.25. The summed E-state index contributed by atoms with van der Waals surface area (Å²) in [7, 11) is 0. The lowest BCUT2D eigenvalue weighted by molar-refractivity contribution is -0.138. The molecule has 0 radical (unpaired) electrons. The average molecular weight is 302 g/mol. The predicted molar refractivity (Wildman–Crippen MR) is 82.1 cm³/mol. The van der Waals surface area contributed by atoms with Gasteiger partial charge in [0, 0.05) is 17.3 Å². The fourth-order valence-electron chi connectivity index (χ4n) is 2.22. The Hall–Kier alpha value is -0.910. The first-order chi connectivity index (χ1) is 9.18. The van der Waals surface area contributed by atoms with Gasteiger partial charge in [-0.2, -0.15) is 11.8 Å². The molecule has 0 aromatic carbocycles. The lowest BCUT2D eigenvalue weighted by atomic mass is 9.84. The van der Waals surface area contributed by atoms with Crippen molar-refractivity contribution in [3.8, 4) is 0 Å². The summed E-state index contributed by atoms with van der Waals surface area (Å²) in [4.78, 5) is 22.8. The number of hydrogen-bond donors (Lipinski definition) is 3. The molecule has 2 amide bonds. The zero-order valence-corrected chi connectivity index (χ0v) is 13.6. The molecule has 6 heteroatoms. The highest BCUT2D eigenvalue weighted by Crippen LogP contribution is 2.42. The Morgan fingerprint density at radius 3 is 2.30 bits per heavy atom. The molecule has 1 atom stereocenters. The van der Waals surface area contributed by atoms with Crippen molar-refractivity contribution in [2.24, 2.45) is 5.41 Å². The topological polar surface area (TPSA) is 78.4 Å². The second-order valence-corrected chi connectivity index (χ2v) is 7.86. The number of nitrogens with one attached hydrogen (secondary N) is 2. The van der Waals surface area contributed by atoms with Crippen LogP contribution in [-0.4, -0.2) is 40.7 Å². The quantitative estimate of drug-likeness (QED) is 0.704. The van der Waals surface area contributed by atoms with E-state index in [1.54, 1.807) is 11.8 Å². The van der Waals surface area contributed by atoms with Gasteiger partial charge in [0.1, 0.15) is 0 Å². The summed E-state index contributed by atoms with van der Waals surface area (Å²) in [5.41, 5.74) is -0.288. The standard InChI is InChI=1S/C14H26N2O3S/c1-13(2,3)10(8-11(17)18)16-12(19)15-9-14(20-4)6-5-7-14/h10H,5-9H2,1-4H3,(H,17,18)(H2,15,16,19).